The number of thiocarbonyl (C=S) groups is 1. The van der Waals surface area contributed by atoms with E-state index in [1.807, 2.05) is 18.7 Å². The highest BCUT2D eigenvalue weighted by Gasteiger charge is 2.25. The Morgan fingerprint density at radius 1 is 1.50 bits per heavy atom. The van der Waals surface area contributed by atoms with Crippen molar-refractivity contribution >= 4 is 23.0 Å². The molecule has 1 saturated heterocycles. The van der Waals surface area contributed by atoms with Gasteiger partial charge in [0.2, 0.25) is 0 Å². The van der Waals surface area contributed by atoms with Crippen molar-refractivity contribution in [2.45, 2.75) is 25.8 Å². The van der Waals surface area contributed by atoms with Crippen LogP contribution in [0.3, 0.4) is 0 Å². The van der Waals surface area contributed by atoms with Crippen molar-refractivity contribution in [1.29, 1.82) is 0 Å². The number of ether oxygens (including phenoxy) is 1. The van der Waals surface area contributed by atoms with E-state index in [1.54, 1.807) is 0 Å². The Kier molecular flexibility index (Phi) is 3.87. The molecule has 1 fully saturated rings. The van der Waals surface area contributed by atoms with Crippen molar-refractivity contribution in [2.24, 2.45) is 12.8 Å². The number of nitrogens with zero attached hydrogens (tertiary/aromatic N) is 3. The van der Waals surface area contributed by atoms with Crippen LogP contribution in [0.5, 0.6) is 0 Å². The molecule has 6 heteroatoms. The van der Waals surface area contributed by atoms with E-state index in [9.17, 15) is 0 Å². The summed E-state index contributed by atoms with van der Waals surface area (Å²) in [5.74, 6) is 1.01. The maximum absolute atomic E-state index is 5.82. The standard InChI is InChI=1S/C12H20N4OS/c1-8-10(11(13)18)12(16(3)14-8)15(2)9-4-6-17-7-5-9/h9H,4-7H2,1-3H3,(H2,13,18). The maximum Gasteiger partial charge on any atom is 0.137 e. The van der Waals surface area contributed by atoms with Crippen molar-refractivity contribution in [3.05, 3.63) is 11.3 Å². The molecule has 2 N–H and O–H groups in total. The van der Waals surface area contributed by atoms with Gasteiger partial charge in [-0.05, 0) is 19.8 Å². The number of aryl methyl sites for hydroxylation is 2. The van der Waals surface area contributed by atoms with Crippen LogP contribution in [0.15, 0.2) is 0 Å². The molecular formula is C12H20N4OS. The monoisotopic (exact) mass is 268 g/mol. The first kappa shape index (κ1) is 13.3. The Balaban J connectivity index is 2.34. The van der Waals surface area contributed by atoms with E-state index in [-0.39, 0.29) is 0 Å². The van der Waals surface area contributed by atoms with Gasteiger partial charge in [-0.25, -0.2) is 0 Å². The molecule has 0 saturated carbocycles. The predicted molar refractivity (Wildman–Crippen MR) is 76.1 cm³/mol. The van der Waals surface area contributed by atoms with Crippen molar-refractivity contribution in [3.8, 4) is 0 Å². The molecule has 1 aliphatic heterocycles. The number of nitrogens with two attached hydrogens (primary N) is 1. The summed E-state index contributed by atoms with van der Waals surface area (Å²) >= 11 is 5.14. The van der Waals surface area contributed by atoms with Gasteiger partial charge in [-0.3, -0.25) is 4.68 Å². The highest BCUT2D eigenvalue weighted by molar-refractivity contribution is 7.80. The number of hydrogen-bond acceptors (Lipinski definition) is 4. The Morgan fingerprint density at radius 3 is 2.67 bits per heavy atom. The van der Waals surface area contributed by atoms with Crippen LogP contribution >= 0.6 is 12.2 Å². The molecule has 0 aromatic carbocycles. The molecule has 5 nitrogen and oxygen atoms in total. The summed E-state index contributed by atoms with van der Waals surface area (Å²) < 4.78 is 7.26. The summed E-state index contributed by atoms with van der Waals surface area (Å²) in [6.07, 6.45) is 2.05. The van der Waals surface area contributed by atoms with Gasteiger partial charge in [0.1, 0.15) is 10.8 Å². The van der Waals surface area contributed by atoms with E-state index < -0.39 is 0 Å². The molecule has 1 aliphatic rings. The molecule has 0 amide bonds. The van der Waals surface area contributed by atoms with E-state index in [0.717, 1.165) is 43.1 Å². The fraction of sp³-hybridized carbons (Fsp3) is 0.667. The highest BCUT2D eigenvalue weighted by atomic mass is 32.1. The maximum atomic E-state index is 5.82. The van der Waals surface area contributed by atoms with Crippen LogP contribution in [0.2, 0.25) is 0 Å². The van der Waals surface area contributed by atoms with Gasteiger partial charge >= 0.3 is 0 Å². The second-order valence-corrected chi connectivity index (χ2v) is 5.17. The molecule has 0 radical (unpaired) electrons. The summed E-state index contributed by atoms with van der Waals surface area (Å²) in [7, 11) is 4.01. The average molecular weight is 268 g/mol. The summed E-state index contributed by atoms with van der Waals surface area (Å²) in [6.45, 7) is 3.57. The SMILES string of the molecule is Cc1nn(C)c(N(C)C2CCOCC2)c1C(N)=S. The van der Waals surface area contributed by atoms with Crippen LogP contribution in [0.1, 0.15) is 24.1 Å². The van der Waals surface area contributed by atoms with Gasteiger partial charge in [0, 0.05) is 33.4 Å². The fourth-order valence-corrected chi connectivity index (χ4v) is 2.82. The molecule has 100 valence electrons. The molecule has 2 rings (SSSR count). The Bertz CT molecular complexity index is 451. The van der Waals surface area contributed by atoms with E-state index in [2.05, 4.69) is 17.0 Å². The van der Waals surface area contributed by atoms with E-state index in [4.69, 9.17) is 22.7 Å². The smallest absolute Gasteiger partial charge is 0.137 e. The van der Waals surface area contributed by atoms with Gasteiger partial charge in [0.25, 0.3) is 0 Å². The number of aromatic nitrogens is 2. The van der Waals surface area contributed by atoms with Gasteiger partial charge in [-0.1, -0.05) is 12.2 Å². The highest BCUT2D eigenvalue weighted by Crippen LogP contribution is 2.26. The van der Waals surface area contributed by atoms with Crippen molar-refractivity contribution in [2.75, 3.05) is 25.2 Å². The van der Waals surface area contributed by atoms with E-state index in [1.165, 1.54) is 0 Å². The summed E-state index contributed by atoms with van der Waals surface area (Å²) in [5.41, 5.74) is 7.60. The summed E-state index contributed by atoms with van der Waals surface area (Å²) in [6, 6.07) is 0.460. The molecule has 0 unspecified atom stereocenters. The molecule has 1 aromatic rings. The first-order valence-corrected chi connectivity index (χ1v) is 6.57. The number of hydrogen-bond donors (Lipinski definition) is 1. The number of anilines is 1. The van der Waals surface area contributed by atoms with Crippen molar-refractivity contribution in [1.82, 2.24) is 9.78 Å². The molecule has 2 heterocycles. The zero-order valence-electron chi connectivity index (χ0n) is 11.1. The van der Waals surface area contributed by atoms with Crippen LogP contribution in [-0.2, 0) is 11.8 Å². The largest absolute Gasteiger partial charge is 0.389 e. The lowest BCUT2D eigenvalue weighted by Crippen LogP contribution is -2.38. The van der Waals surface area contributed by atoms with Gasteiger partial charge in [-0.15, -0.1) is 0 Å². The molecule has 0 aliphatic carbocycles. The lowest BCUT2D eigenvalue weighted by Gasteiger charge is -2.33. The Hall–Kier alpha value is -1.14. The van der Waals surface area contributed by atoms with Crippen LogP contribution in [0.4, 0.5) is 5.82 Å². The van der Waals surface area contributed by atoms with Crippen LogP contribution in [0, 0.1) is 6.92 Å². The zero-order valence-corrected chi connectivity index (χ0v) is 12.0. The normalized spacial score (nSPS) is 16.8. The van der Waals surface area contributed by atoms with Crippen molar-refractivity contribution < 1.29 is 4.74 Å². The Labute approximate surface area is 113 Å². The van der Waals surface area contributed by atoms with Gasteiger partial charge < -0.3 is 15.4 Å². The molecule has 0 bridgehead atoms. The van der Waals surface area contributed by atoms with E-state index >= 15 is 0 Å². The minimum absolute atomic E-state index is 0.412. The molecule has 0 atom stereocenters. The third kappa shape index (κ3) is 2.35. The third-order valence-electron chi connectivity index (χ3n) is 3.51. The lowest BCUT2D eigenvalue weighted by molar-refractivity contribution is 0.0852. The molecule has 1 aromatic heterocycles. The van der Waals surface area contributed by atoms with Gasteiger partial charge in [0.05, 0.1) is 11.3 Å². The third-order valence-corrected chi connectivity index (χ3v) is 3.72. The quantitative estimate of drug-likeness (QED) is 0.828. The van der Waals surface area contributed by atoms with Gasteiger partial charge in [0.15, 0.2) is 0 Å². The molecule has 0 spiro atoms. The second kappa shape index (κ2) is 5.24. The van der Waals surface area contributed by atoms with Crippen LogP contribution in [-0.4, -0.2) is 41.1 Å². The predicted octanol–water partition coefficient (Wildman–Crippen LogP) is 0.978. The topological polar surface area (TPSA) is 56.3 Å². The second-order valence-electron chi connectivity index (χ2n) is 4.73. The van der Waals surface area contributed by atoms with Crippen LogP contribution < -0.4 is 10.6 Å². The summed E-state index contributed by atoms with van der Waals surface area (Å²) in [5, 5.41) is 4.42. The molecule has 18 heavy (non-hydrogen) atoms. The lowest BCUT2D eigenvalue weighted by atomic mass is 10.1. The zero-order chi connectivity index (χ0) is 13.3. The first-order chi connectivity index (χ1) is 8.52. The van der Waals surface area contributed by atoms with Gasteiger partial charge in [-0.2, -0.15) is 5.10 Å². The van der Waals surface area contributed by atoms with E-state index in [0.29, 0.717) is 11.0 Å². The minimum Gasteiger partial charge on any atom is -0.389 e. The average Bonchev–Trinajstić information content (AvgIpc) is 2.64. The fourth-order valence-electron chi connectivity index (χ4n) is 2.58. The summed E-state index contributed by atoms with van der Waals surface area (Å²) in [4.78, 5) is 2.64. The first-order valence-electron chi connectivity index (χ1n) is 6.16. The van der Waals surface area contributed by atoms with Crippen molar-refractivity contribution in [3.63, 3.8) is 0 Å². The van der Waals surface area contributed by atoms with Crippen LogP contribution in [0.25, 0.3) is 0 Å². The minimum atomic E-state index is 0.412. The Morgan fingerprint density at radius 2 is 2.11 bits per heavy atom. The molecular weight excluding hydrogens is 248 g/mol. The number of rotatable bonds is 3.